The number of nitrogens with zero attached hydrogens (tertiary/aromatic N) is 3. The number of sulfonamides is 1. The summed E-state index contributed by atoms with van der Waals surface area (Å²) < 4.78 is 65.4. The first kappa shape index (κ1) is 23.0. The number of carbonyl (C=O) groups is 1. The van der Waals surface area contributed by atoms with Crippen molar-refractivity contribution < 1.29 is 26.4 Å². The molecule has 0 atom stereocenters. The van der Waals surface area contributed by atoms with Crippen molar-refractivity contribution in [3.8, 4) is 0 Å². The van der Waals surface area contributed by atoms with Crippen LogP contribution in [-0.2, 0) is 10.0 Å². The maximum atomic E-state index is 13.0. The topological polar surface area (TPSA) is 60.9 Å². The fourth-order valence-electron chi connectivity index (χ4n) is 3.99. The third-order valence-electron chi connectivity index (χ3n) is 5.56. The predicted octanol–water partition coefficient (Wildman–Crippen LogP) is 2.96. The van der Waals surface area contributed by atoms with Gasteiger partial charge >= 0.3 is 6.18 Å². The van der Waals surface area contributed by atoms with Crippen LogP contribution in [0.3, 0.4) is 0 Å². The van der Waals surface area contributed by atoms with Crippen molar-refractivity contribution in [3.63, 3.8) is 0 Å². The van der Waals surface area contributed by atoms with Gasteiger partial charge in [0.15, 0.2) is 0 Å². The molecule has 10 heteroatoms. The predicted molar refractivity (Wildman–Crippen MR) is 107 cm³/mol. The Morgan fingerprint density at radius 3 is 2.27 bits per heavy atom. The van der Waals surface area contributed by atoms with E-state index in [1.165, 1.54) is 26.2 Å². The van der Waals surface area contributed by atoms with Gasteiger partial charge in [0.25, 0.3) is 5.91 Å². The van der Waals surface area contributed by atoms with Crippen LogP contribution < -0.4 is 0 Å². The highest BCUT2D eigenvalue weighted by Crippen LogP contribution is 2.22. The molecule has 2 aliphatic rings. The summed E-state index contributed by atoms with van der Waals surface area (Å²) in [7, 11) is -3.68. The van der Waals surface area contributed by atoms with Crippen molar-refractivity contribution in [2.75, 3.05) is 45.8 Å². The first-order chi connectivity index (χ1) is 14.2. The number of halogens is 3. The Kier molecular flexibility index (Phi) is 7.41. The van der Waals surface area contributed by atoms with Crippen LogP contribution in [0.2, 0.25) is 0 Å². The van der Waals surface area contributed by atoms with Crippen LogP contribution in [0.25, 0.3) is 0 Å². The molecule has 0 bridgehead atoms. The van der Waals surface area contributed by atoms with Gasteiger partial charge in [-0.2, -0.15) is 17.5 Å². The molecular weight excluding hydrogens is 419 g/mol. The van der Waals surface area contributed by atoms with Crippen LogP contribution in [0, 0.1) is 0 Å². The molecule has 0 N–H and O–H groups in total. The van der Waals surface area contributed by atoms with E-state index in [-0.39, 0.29) is 36.0 Å². The molecule has 0 unspecified atom stereocenters. The molecule has 1 aromatic rings. The van der Waals surface area contributed by atoms with Gasteiger partial charge in [-0.05, 0) is 37.5 Å². The average molecular weight is 448 g/mol. The lowest BCUT2D eigenvalue weighted by molar-refractivity contribution is -0.145. The summed E-state index contributed by atoms with van der Waals surface area (Å²) in [5.41, 5.74) is 0.246. The molecule has 0 aromatic heterocycles. The van der Waals surface area contributed by atoms with E-state index in [0.29, 0.717) is 26.1 Å². The van der Waals surface area contributed by atoms with Gasteiger partial charge in [0.2, 0.25) is 10.0 Å². The third kappa shape index (κ3) is 5.95. The van der Waals surface area contributed by atoms with Crippen LogP contribution in [0.1, 0.15) is 42.5 Å². The lowest BCUT2D eigenvalue weighted by Gasteiger charge is -2.23. The van der Waals surface area contributed by atoms with Gasteiger partial charge < -0.3 is 4.90 Å². The molecule has 0 saturated carbocycles. The van der Waals surface area contributed by atoms with Gasteiger partial charge in [0.1, 0.15) is 0 Å². The van der Waals surface area contributed by atoms with Gasteiger partial charge in [0, 0.05) is 44.8 Å². The molecule has 1 aromatic carbocycles. The fourth-order valence-corrected chi connectivity index (χ4v) is 5.55. The molecule has 0 aliphatic carbocycles. The summed E-state index contributed by atoms with van der Waals surface area (Å²) >= 11 is 0. The average Bonchev–Trinajstić information content (AvgIpc) is 3.10. The Bertz CT molecular complexity index is 837. The van der Waals surface area contributed by atoms with Crippen LogP contribution in [0.5, 0.6) is 0 Å². The molecule has 0 spiro atoms. The number of rotatable bonds is 4. The minimum absolute atomic E-state index is 0.0868. The molecule has 1 amide bonds. The van der Waals surface area contributed by atoms with Gasteiger partial charge in [-0.3, -0.25) is 9.69 Å². The molecule has 2 heterocycles. The first-order valence-electron chi connectivity index (χ1n) is 10.4. The standard InChI is InChI=1S/C20H28F3N3O3S/c21-20(22,23)16-24-9-6-10-25(14-13-24)19(27)17-7-5-8-18(15-17)30(28,29)26-11-3-1-2-4-12-26/h5,7-8,15H,1-4,6,9-14,16H2. The summed E-state index contributed by atoms with van der Waals surface area (Å²) in [4.78, 5) is 15.8. The van der Waals surface area contributed by atoms with Crippen molar-refractivity contribution in [2.24, 2.45) is 0 Å². The van der Waals surface area contributed by atoms with Crippen molar-refractivity contribution in [1.82, 2.24) is 14.1 Å². The molecule has 30 heavy (non-hydrogen) atoms. The van der Waals surface area contributed by atoms with Gasteiger partial charge in [-0.25, -0.2) is 8.42 Å². The first-order valence-corrected chi connectivity index (χ1v) is 11.8. The van der Waals surface area contributed by atoms with Gasteiger partial charge in [0.05, 0.1) is 11.4 Å². The summed E-state index contributed by atoms with van der Waals surface area (Å²) in [6.45, 7) is 0.889. The number of hydrogen-bond acceptors (Lipinski definition) is 4. The Labute approximate surface area is 175 Å². The highest BCUT2D eigenvalue weighted by molar-refractivity contribution is 7.89. The number of carbonyl (C=O) groups excluding carboxylic acids is 1. The van der Waals surface area contributed by atoms with E-state index in [9.17, 15) is 26.4 Å². The molecule has 2 saturated heterocycles. The lowest BCUT2D eigenvalue weighted by atomic mass is 10.2. The highest BCUT2D eigenvalue weighted by atomic mass is 32.2. The van der Waals surface area contributed by atoms with Gasteiger partial charge in [-0.1, -0.05) is 18.9 Å². The third-order valence-corrected chi connectivity index (χ3v) is 7.46. The second kappa shape index (κ2) is 9.65. The smallest absolute Gasteiger partial charge is 0.337 e. The molecule has 168 valence electrons. The summed E-state index contributed by atoms with van der Waals surface area (Å²) in [6.07, 6.45) is -0.182. The summed E-state index contributed by atoms with van der Waals surface area (Å²) in [6, 6.07) is 5.99. The highest BCUT2D eigenvalue weighted by Gasteiger charge is 2.32. The zero-order valence-electron chi connectivity index (χ0n) is 16.9. The molecule has 0 radical (unpaired) electrons. The largest absolute Gasteiger partial charge is 0.401 e. The molecule has 6 nitrogen and oxygen atoms in total. The van der Waals surface area contributed by atoms with Crippen LogP contribution >= 0.6 is 0 Å². The monoisotopic (exact) mass is 447 g/mol. The van der Waals surface area contributed by atoms with E-state index in [1.807, 2.05) is 0 Å². The van der Waals surface area contributed by atoms with Crippen molar-refractivity contribution >= 4 is 15.9 Å². The van der Waals surface area contributed by atoms with E-state index < -0.39 is 22.7 Å². The minimum Gasteiger partial charge on any atom is -0.337 e. The Morgan fingerprint density at radius 2 is 1.60 bits per heavy atom. The summed E-state index contributed by atoms with van der Waals surface area (Å²) in [5, 5.41) is 0. The second-order valence-electron chi connectivity index (χ2n) is 7.88. The van der Waals surface area contributed by atoms with Crippen molar-refractivity contribution in [3.05, 3.63) is 29.8 Å². The minimum atomic E-state index is -4.27. The normalized spacial score (nSPS) is 20.6. The van der Waals surface area contributed by atoms with Crippen LogP contribution in [0.15, 0.2) is 29.2 Å². The van der Waals surface area contributed by atoms with Crippen molar-refractivity contribution in [1.29, 1.82) is 0 Å². The van der Waals surface area contributed by atoms with Crippen LogP contribution in [0.4, 0.5) is 13.2 Å². The molecule has 3 rings (SSSR count). The number of hydrogen-bond donors (Lipinski definition) is 0. The van der Waals surface area contributed by atoms with E-state index in [2.05, 4.69) is 0 Å². The Balaban J connectivity index is 1.71. The number of alkyl halides is 3. The second-order valence-corrected chi connectivity index (χ2v) is 9.82. The summed E-state index contributed by atoms with van der Waals surface area (Å²) in [5.74, 6) is -0.350. The zero-order valence-corrected chi connectivity index (χ0v) is 17.7. The fraction of sp³-hybridized carbons (Fsp3) is 0.650. The quantitative estimate of drug-likeness (QED) is 0.712. The molecule has 2 aliphatic heterocycles. The Morgan fingerprint density at radius 1 is 0.900 bits per heavy atom. The number of benzene rings is 1. The van der Waals surface area contributed by atoms with E-state index in [4.69, 9.17) is 0 Å². The molecular formula is C20H28F3N3O3S. The Hall–Kier alpha value is -1.65. The number of amides is 1. The van der Waals surface area contributed by atoms with Crippen molar-refractivity contribution in [2.45, 2.75) is 43.2 Å². The molecule has 2 fully saturated rings. The SMILES string of the molecule is O=C(c1cccc(S(=O)(=O)N2CCCCCC2)c1)N1CCCN(CC(F)(F)F)CC1. The van der Waals surface area contributed by atoms with E-state index in [1.54, 1.807) is 12.1 Å². The van der Waals surface area contributed by atoms with E-state index in [0.717, 1.165) is 25.7 Å². The maximum absolute atomic E-state index is 13.0. The van der Waals surface area contributed by atoms with Gasteiger partial charge in [-0.15, -0.1) is 0 Å². The zero-order chi connectivity index (χ0) is 21.8. The van der Waals surface area contributed by atoms with E-state index >= 15 is 0 Å². The maximum Gasteiger partial charge on any atom is 0.401 e. The lowest BCUT2D eigenvalue weighted by Crippen LogP contribution is -2.38. The van der Waals surface area contributed by atoms with Crippen LogP contribution in [-0.4, -0.2) is 80.4 Å².